The Morgan fingerprint density at radius 1 is 0.318 bits per heavy atom. The summed E-state index contributed by atoms with van der Waals surface area (Å²) in [6.45, 7) is -0.0272. The maximum absolute atomic E-state index is 14.7. The van der Waals surface area contributed by atoms with Crippen LogP contribution in [0.1, 0.15) is 0 Å². The first-order chi connectivity index (χ1) is 32.7. The quantitative estimate of drug-likeness (QED) is 0.158. The minimum absolute atomic E-state index is 0.0272. The maximum atomic E-state index is 14.7. The summed E-state index contributed by atoms with van der Waals surface area (Å²) in [5, 5.41) is 10.0. The molecule has 0 saturated heterocycles. The summed E-state index contributed by atoms with van der Waals surface area (Å²) in [5.74, 6) is -0.241. The molecule has 0 radical (unpaired) electrons. The third kappa shape index (κ3) is 4.21. The van der Waals surface area contributed by atoms with Gasteiger partial charge >= 0.3 is 0 Å². The Hall–Kier alpha value is -8.61. The molecule has 6 heterocycles. The zero-order valence-electron chi connectivity index (χ0n) is 35.4. The predicted octanol–water partition coefficient (Wildman–Crippen LogP) is 13.0. The van der Waals surface area contributed by atoms with Crippen LogP contribution in [-0.2, 0) is 0 Å². The maximum Gasteiger partial charge on any atom is 0.252 e. The molecule has 16 rings (SSSR count). The van der Waals surface area contributed by atoms with Gasteiger partial charge in [-0.05, 0) is 112 Å². The van der Waals surface area contributed by atoms with Crippen LogP contribution in [0.5, 0.6) is 0 Å². The molecule has 0 saturated carbocycles. The summed E-state index contributed by atoms with van der Waals surface area (Å²) >= 11 is 0. The number of hydrogen-bond acceptors (Lipinski definition) is 0. The molecule has 0 N–H and O–H groups in total. The van der Waals surface area contributed by atoms with Gasteiger partial charge in [0.2, 0.25) is 0 Å². The average molecular weight is 841 g/mol. The van der Waals surface area contributed by atoms with E-state index in [4.69, 9.17) is 0 Å². The van der Waals surface area contributed by atoms with Crippen LogP contribution >= 0.6 is 0 Å². The molecule has 0 aliphatic carbocycles. The number of halogens is 1. The Morgan fingerprint density at radius 3 is 1.21 bits per heavy atom. The second-order valence-electron chi connectivity index (χ2n) is 18.1. The second-order valence-corrected chi connectivity index (χ2v) is 18.1. The standard InChI is InChI=1S/C60H34BFN4/c62-37-27-25-35(26-28-37)36-33-52-58-53(34-36)66-51-32-30-49-55(41-18-8-10-24-47(41)64(49)39-15-5-2-6-16-39)57(51)43-20-12-22-45(60(43)66)61(58)44-21-11-19-42-56-50(65(52)59(42)44)31-29-48-54(56)40-17-7-9-23-46(40)63(48)38-13-3-1-4-14-38/h1-34H. The molecular weight excluding hydrogens is 806 g/mol. The van der Waals surface area contributed by atoms with Gasteiger partial charge in [-0.1, -0.05) is 121 Å². The topological polar surface area (TPSA) is 19.7 Å². The van der Waals surface area contributed by atoms with E-state index >= 15 is 0 Å². The van der Waals surface area contributed by atoms with E-state index in [0.29, 0.717) is 0 Å². The number of hydrogen-bond donors (Lipinski definition) is 0. The van der Waals surface area contributed by atoms with Crippen molar-refractivity contribution in [2.24, 2.45) is 0 Å². The lowest BCUT2D eigenvalue weighted by Gasteiger charge is -2.34. The molecule has 0 spiro atoms. The predicted molar refractivity (Wildman–Crippen MR) is 274 cm³/mol. The first kappa shape index (κ1) is 34.8. The minimum Gasteiger partial charge on any atom is -0.310 e. The molecule has 4 aromatic heterocycles. The highest BCUT2D eigenvalue weighted by atomic mass is 19.1. The Kier molecular flexibility index (Phi) is 6.51. The van der Waals surface area contributed by atoms with E-state index in [-0.39, 0.29) is 12.5 Å². The van der Waals surface area contributed by atoms with Crippen LogP contribution in [-0.4, -0.2) is 25.0 Å². The highest BCUT2D eigenvalue weighted by Crippen LogP contribution is 2.47. The summed E-state index contributed by atoms with van der Waals surface area (Å²) in [4.78, 5) is 0. The lowest BCUT2D eigenvalue weighted by molar-refractivity contribution is 0.628. The smallest absolute Gasteiger partial charge is 0.252 e. The van der Waals surface area contributed by atoms with E-state index < -0.39 is 0 Å². The summed E-state index contributed by atoms with van der Waals surface area (Å²) in [6.07, 6.45) is 0. The number of rotatable bonds is 3. The van der Waals surface area contributed by atoms with Crippen molar-refractivity contribution in [2.45, 2.75) is 0 Å². The lowest BCUT2D eigenvalue weighted by atomic mass is 9.34. The molecule has 0 amide bonds. The molecule has 0 fully saturated rings. The molecule has 0 atom stereocenters. The molecule has 2 aliphatic heterocycles. The number of fused-ring (bicyclic) bond motifs is 18. The summed E-state index contributed by atoms with van der Waals surface area (Å²) in [5.41, 5.74) is 20.1. The number of benzene rings is 10. The summed E-state index contributed by atoms with van der Waals surface area (Å²) < 4.78 is 24.6. The van der Waals surface area contributed by atoms with Crippen molar-refractivity contribution in [1.82, 2.24) is 18.3 Å². The van der Waals surface area contributed by atoms with Gasteiger partial charge in [0.1, 0.15) is 5.82 Å². The molecule has 2 aliphatic rings. The van der Waals surface area contributed by atoms with Crippen molar-refractivity contribution in [3.8, 4) is 33.9 Å². The van der Waals surface area contributed by atoms with Crippen LogP contribution < -0.4 is 16.4 Å². The van der Waals surface area contributed by atoms with Gasteiger partial charge in [0.25, 0.3) is 6.71 Å². The van der Waals surface area contributed by atoms with Gasteiger partial charge in [-0.3, -0.25) is 0 Å². The summed E-state index contributed by atoms with van der Waals surface area (Å²) in [7, 11) is 0. The Bertz CT molecular complexity index is 4200. The van der Waals surface area contributed by atoms with Crippen LogP contribution in [0.15, 0.2) is 206 Å². The first-order valence-corrected chi connectivity index (χ1v) is 22.7. The number of aromatic nitrogens is 4. The van der Waals surface area contributed by atoms with Gasteiger partial charge in [-0.25, -0.2) is 4.39 Å². The van der Waals surface area contributed by atoms with Crippen LogP contribution in [0.2, 0.25) is 0 Å². The van der Waals surface area contributed by atoms with E-state index in [1.807, 2.05) is 12.1 Å². The largest absolute Gasteiger partial charge is 0.310 e. The molecule has 304 valence electrons. The normalized spacial score (nSPS) is 12.9. The third-order valence-corrected chi connectivity index (χ3v) is 15.0. The van der Waals surface area contributed by atoms with Crippen molar-refractivity contribution in [1.29, 1.82) is 0 Å². The van der Waals surface area contributed by atoms with Crippen LogP contribution in [0.4, 0.5) is 4.39 Å². The van der Waals surface area contributed by atoms with E-state index in [1.165, 1.54) is 104 Å². The zero-order valence-corrected chi connectivity index (χ0v) is 35.4. The molecule has 14 aromatic rings. The molecule has 0 unspecified atom stereocenters. The molecule has 66 heavy (non-hydrogen) atoms. The molecule has 0 bridgehead atoms. The lowest BCUT2D eigenvalue weighted by Crippen LogP contribution is -2.59. The molecule has 4 nitrogen and oxygen atoms in total. The second kappa shape index (κ2) is 12.3. The van der Waals surface area contributed by atoms with Crippen molar-refractivity contribution < 1.29 is 4.39 Å². The van der Waals surface area contributed by atoms with Gasteiger partial charge in [-0.2, -0.15) is 0 Å². The molecule has 6 heteroatoms. The number of nitrogens with zero attached hydrogens (tertiary/aromatic N) is 4. The van der Waals surface area contributed by atoms with Crippen LogP contribution in [0.3, 0.4) is 0 Å². The van der Waals surface area contributed by atoms with E-state index in [2.05, 4.69) is 200 Å². The van der Waals surface area contributed by atoms with Gasteiger partial charge in [0, 0.05) is 76.9 Å². The first-order valence-electron chi connectivity index (χ1n) is 22.7. The minimum atomic E-state index is -0.241. The Labute approximate surface area is 377 Å². The van der Waals surface area contributed by atoms with Crippen molar-refractivity contribution >= 4 is 110 Å². The average Bonchev–Trinajstić information content (AvgIpc) is 4.10. The Balaban J connectivity index is 1.08. The van der Waals surface area contributed by atoms with Crippen molar-refractivity contribution in [3.05, 3.63) is 212 Å². The fraction of sp³-hybridized carbons (Fsp3) is 0. The van der Waals surface area contributed by atoms with Crippen LogP contribution in [0, 0.1) is 5.82 Å². The van der Waals surface area contributed by atoms with Crippen molar-refractivity contribution in [3.63, 3.8) is 0 Å². The highest BCUT2D eigenvalue weighted by Gasteiger charge is 2.41. The van der Waals surface area contributed by atoms with E-state index in [1.54, 1.807) is 12.1 Å². The van der Waals surface area contributed by atoms with Gasteiger partial charge in [0.05, 0.1) is 33.1 Å². The molecule has 10 aromatic carbocycles. The SMILES string of the molecule is Fc1ccc(-c2cc3c4c(c2)-n2c5ccc6c(c7ccccc7n6-c6ccccc6)c5c5cccc(c52)B4c2cccc4c5c6c7ccccc7n(-c7ccccc7)c6ccc5n-3c24)cc1. The number of para-hydroxylation sites is 6. The van der Waals surface area contributed by atoms with Crippen LogP contribution in [0.25, 0.3) is 121 Å². The fourth-order valence-corrected chi connectivity index (χ4v) is 12.5. The monoisotopic (exact) mass is 840 g/mol. The molecular formula is C60H34BFN4. The Morgan fingerprint density at radius 2 is 0.727 bits per heavy atom. The van der Waals surface area contributed by atoms with E-state index in [9.17, 15) is 4.39 Å². The van der Waals surface area contributed by atoms with E-state index in [0.717, 1.165) is 33.9 Å². The van der Waals surface area contributed by atoms with Gasteiger partial charge in [0.15, 0.2) is 0 Å². The van der Waals surface area contributed by atoms with Crippen molar-refractivity contribution in [2.75, 3.05) is 0 Å². The summed E-state index contributed by atoms with van der Waals surface area (Å²) in [6, 6.07) is 74.2. The fourth-order valence-electron chi connectivity index (χ4n) is 12.5. The van der Waals surface area contributed by atoms with Gasteiger partial charge in [-0.15, -0.1) is 0 Å². The third-order valence-electron chi connectivity index (χ3n) is 15.0. The van der Waals surface area contributed by atoms with Gasteiger partial charge < -0.3 is 18.3 Å². The highest BCUT2D eigenvalue weighted by molar-refractivity contribution is 7.00. The zero-order chi connectivity index (χ0) is 42.9.